The minimum Gasteiger partial charge on any atom is -0.392 e. The fourth-order valence-corrected chi connectivity index (χ4v) is 7.30. The maximum atomic E-state index is 13.0. The summed E-state index contributed by atoms with van der Waals surface area (Å²) in [7, 11) is 2.16. The summed E-state index contributed by atoms with van der Waals surface area (Å²) in [4.78, 5) is 24.2. The molecule has 1 aromatic heterocycles. The number of aromatic nitrogens is 2. The van der Waals surface area contributed by atoms with E-state index in [0.29, 0.717) is 18.5 Å². The van der Waals surface area contributed by atoms with Crippen molar-refractivity contribution in [3.05, 3.63) is 179 Å². The van der Waals surface area contributed by atoms with Crippen LogP contribution in [0.1, 0.15) is 70.1 Å². The number of carbonyl (C=O) groups is 1. The average molecular weight is 729 g/mol. The van der Waals surface area contributed by atoms with E-state index in [1.165, 1.54) is 22.5 Å². The molecule has 55 heavy (non-hydrogen) atoms. The number of nitrogens with zero attached hydrogens (tertiary/aromatic N) is 3. The Labute approximate surface area is 321 Å². The lowest BCUT2D eigenvalue weighted by Crippen LogP contribution is -2.38. The zero-order valence-electron chi connectivity index (χ0n) is 31.0. The number of likely N-dealkylation sites (N-methyl/N-ethyl adjacent to an activating group) is 1. The molecule has 1 aliphatic heterocycles. The predicted molar refractivity (Wildman–Crippen MR) is 216 cm³/mol. The van der Waals surface area contributed by atoms with Crippen LogP contribution in [-0.4, -0.2) is 45.6 Å². The normalized spacial score (nSPS) is 17.7. The zero-order valence-corrected chi connectivity index (χ0v) is 31.0. The van der Waals surface area contributed by atoms with E-state index in [1.807, 2.05) is 66.7 Å². The number of carbonyl (C=O) groups excluding carboxylic acids is 1. The van der Waals surface area contributed by atoms with Crippen LogP contribution in [0.25, 0.3) is 32.9 Å². The Bertz CT molecular complexity index is 2430. The average Bonchev–Trinajstić information content (AvgIpc) is 3.25. The first-order chi connectivity index (χ1) is 26.9. The van der Waals surface area contributed by atoms with Gasteiger partial charge < -0.3 is 19.9 Å². The van der Waals surface area contributed by atoms with Crippen molar-refractivity contribution < 1.29 is 19.4 Å². The van der Waals surface area contributed by atoms with Gasteiger partial charge in [-0.25, -0.2) is 4.98 Å². The van der Waals surface area contributed by atoms with Crippen LogP contribution in [0.3, 0.4) is 0 Å². The van der Waals surface area contributed by atoms with Gasteiger partial charge in [0.15, 0.2) is 6.29 Å². The van der Waals surface area contributed by atoms with Crippen molar-refractivity contribution in [3.8, 4) is 11.1 Å². The van der Waals surface area contributed by atoms with Gasteiger partial charge in [0.1, 0.15) is 5.69 Å². The number of hydrogen-bond donors (Lipinski definition) is 2. The lowest BCUT2D eigenvalue weighted by Gasteiger charge is -2.39. The van der Waals surface area contributed by atoms with Crippen LogP contribution in [0.5, 0.6) is 0 Å². The molecule has 0 saturated carbocycles. The summed E-state index contributed by atoms with van der Waals surface area (Å²) in [5.74, 6) is -0.273. The number of para-hydroxylation sites is 2. The highest BCUT2D eigenvalue weighted by Gasteiger charge is 2.33. The molecule has 0 bridgehead atoms. The smallest absolute Gasteiger partial charge is 0.271 e. The Kier molecular flexibility index (Phi) is 10.7. The quantitative estimate of drug-likeness (QED) is 0.137. The van der Waals surface area contributed by atoms with Crippen molar-refractivity contribution in [1.82, 2.24) is 20.2 Å². The van der Waals surface area contributed by atoms with Gasteiger partial charge in [0.25, 0.3) is 5.91 Å². The van der Waals surface area contributed by atoms with Crippen molar-refractivity contribution in [2.24, 2.45) is 0 Å². The summed E-state index contributed by atoms with van der Waals surface area (Å²) in [5, 5.41) is 15.1. The first-order valence-electron chi connectivity index (χ1n) is 18.8. The van der Waals surface area contributed by atoms with Gasteiger partial charge in [0.2, 0.25) is 0 Å². The number of aliphatic hydroxyl groups excluding tert-OH is 1. The van der Waals surface area contributed by atoms with Crippen LogP contribution in [-0.2, 0) is 22.6 Å². The molecule has 6 aromatic carbocycles. The minimum absolute atomic E-state index is 0.00286. The highest BCUT2D eigenvalue weighted by molar-refractivity contribution is 5.93. The SMILES string of the molecule is C[C@H](c1ccc2ccccc2c1)N(C)C[C@H]1C[C@@H](c2ccc(CO)cc2)O[C@@H](c2cccc(-c3cccc(CNC(=O)c4cnc5ccccc5n4)c3)c2)O1. The number of benzene rings is 6. The monoisotopic (exact) mass is 728 g/mol. The van der Waals surface area contributed by atoms with Gasteiger partial charge >= 0.3 is 0 Å². The van der Waals surface area contributed by atoms with Gasteiger partial charge in [0, 0.05) is 31.1 Å². The number of fused-ring (bicyclic) bond motifs is 2. The number of nitrogens with one attached hydrogen (secondary N) is 1. The lowest BCUT2D eigenvalue weighted by atomic mass is 9.97. The van der Waals surface area contributed by atoms with E-state index in [9.17, 15) is 9.90 Å². The van der Waals surface area contributed by atoms with Crippen molar-refractivity contribution >= 4 is 27.7 Å². The number of aliphatic hydroxyl groups is 1. The fourth-order valence-electron chi connectivity index (χ4n) is 7.30. The van der Waals surface area contributed by atoms with Gasteiger partial charge in [-0.3, -0.25) is 14.7 Å². The molecular formula is C47H44N4O4. The molecule has 7 aromatic rings. The standard InChI is InChI=1S/C47H44N4O4/c1-31(36-22-21-34-10-3-4-11-38(34)24-36)51(2)29-41-26-45(35-19-17-32(30-52)18-20-35)55-47(54-41)40-14-8-13-39(25-40)37-12-7-9-33(23-37)27-49-46(53)44-28-48-42-15-5-6-16-43(42)50-44/h3-25,28,31,41,45,47,52H,26-27,29-30H2,1-2H3,(H,49,53)/t31-,41-,45+,47+/m1/s1. The highest BCUT2D eigenvalue weighted by Crippen LogP contribution is 2.39. The van der Waals surface area contributed by atoms with Crippen molar-refractivity contribution in [1.29, 1.82) is 0 Å². The Balaban J connectivity index is 0.996. The van der Waals surface area contributed by atoms with Crippen LogP contribution in [0.4, 0.5) is 0 Å². The number of ether oxygens (including phenoxy) is 2. The van der Waals surface area contributed by atoms with Gasteiger partial charge in [0.05, 0.1) is 36.0 Å². The molecule has 0 unspecified atom stereocenters. The zero-order chi connectivity index (χ0) is 37.7. The van der Waals surface area contributed by atoms with Crippen molar-refractivity contribution in [2.75, 3.05) is 13.6 Å². The molecule has 276 valence electrons. The molecule has 1 aliphatic rings. The van der Waals surface area contributed by atoms with Crippen LogP contribution in [0.2, 0.25) is 0 Å². The number of hydrogen-bond acceptors (Lipinski definition) is 7. The van der Waals surface area contributed by atoms with E-state index in [1.54, 1.807) is 0 Å². The topological polar surface area (TPSA) is 96.8 Å². The molecule has 1 amide bonds. The molecule has 4 atom stereocenters. The molecule has 0 spiro atoms. The third-order valence-electron chi connectivity index (χ3n) is 10.6. The molecule has 2 heterocycles. The summed E-state index contributed by atoms with van der Waals surface area (Å²) in [6.07, 6.45) is 1.33. The van der Waals surface area contributed by atoms with Crippen molar-refractivity contribution in [3.63, 3.8) is 0 Å². The van der Waals surface area contributed by atoms with E-state index < -0.39 is 6.29 Å². The van der Waals surface area contributed by atoms with Gasteiger partial charge in [-0.1, -0.05) is 109 Å². The molecule has 8 heteroatoms. The maximum absolute atomic E-state index is 13.0. The Morgan fingerprint density at radius 3 is 2.35 bits per heavy atom. The largest absolute Gasteiger partial charge is 0.392 e. The molecular weight excluding hydrogens is 685 g/mol. The molecule has 0 radical (unpaired) electrons. The first-order valence-corrected chi connectivity index (χ1v) is 18.8. The third-order valence-corrected chi connectivity index (χ3v) is 10.6. The van der Waals surface area contributed by atoms with Crippen LogP contribution >= 0.6 is 0 Å². The maximum Gasteiger partial charge on any atom is 0.271 e. The molecule has 8 nitrogen and oxygen atoms in total. The second kappa shape index (κ2) is 16.3. The van der Waals surface area contributed by atoms with Gasteiger partial charge in [-0.15, -0.1) is 0 Å². The highest BCUT2D eigenvalue weighted by atomic mass is 16.7. The first kappa shape index (κ1) is 36.2. The van der Waals surface area contributed by atoms with Crippen LogP contribution in [0, 0.1) is 0 Å². The molecule has 8 rings (SSSR count). The number of rotatable bonds is 11. The second-order valence-electron chi connectivity index (χ2n) is 14.3. The Morgan fingerprint density at radius 1 is 0.782 bits per heavy atom. The molecule has 0 aliphatic carbocycles. The molecule has 1 saturated heterocycles. The third kappa shape index (κ3) is 8.33. The van der Waals surface area contributed by atoms with Crippen LogP contribution in [0.15, 0.2) is 146 Å². The van der Waals surface area contributed by atoms with E-state index in [-0.39, 0.29) is 36.5 Å². The fraction of sp³-hybridized carbons (Fsp3) is 0.213. The predicted octanol–water partition coefficient (Wildman–Crippen LogP) is 9.11. The van der Waals surface area contributed by atoms with Crippen molar-refractivity contribution in [2.45, 2.75) is 51.0 Å². The van der Waals surface area contributed by atoms with E-state index in [2.05, 4.69) is 107 Å². The Hall–Kier alpha value is -5.77. The van der Waals surface area contributed by atoms with E-state index in [0.717, 1.165) is 45.4 Å². The summed E-state index contributed by atoms with van der Waals surface area (Å²) in [6.45, 7) is 3.31. The van der Waals surface area contributed by atoms with E-state index in [4.69, 9.17) is 9.47 Å². The van der Waals surface area contributed by atoms with Gasteiger partial charge in [-0.2, -0.15) is 0 Å². The summed E-state index contributed by atoms with van der Waals surface area (Å²) in [6, 6.07) is 47.3. The molecule has 2 N–H and O–H groups in total. The summed E-state index contributed by atoms with van der Waals surface area (Å²) in [5.41, 5.74) is 8.83. The second-order valence-corrected chi connectivity index (χ2v) is 14.3. The lowest BCUT2D eigenvalue weighted by molar-refractivity contribution is -0.253. The summed E-state index contributed by atoms with van der Waals surface area (Å²) >= 11 is 0. The van der Waals surface area contributed by atoms with Gasteiger partial charge in [-0.05, 0) is 88.5 Å². The van der Waals surface area contributed by atoms with E-state index >= 15 is 0 Å². The minimum atomic E-state index is -0.587. The number of amides is 1. The Morgan fingerprint density at radius 2 is 1.53 bits per heavy atom. The van der Waals surface area contributed by atoms with Crippen LogP contribution < -0.4 is 5.32 Å². The molecule has 1 fully saturated rings. The summed E-state index contributed by atoms with van der Waals surface area (Å²) < 4.78 is 13.5.